The number of rotatable bonds is 3. The minimum Gasteiger partial charge on any atom is -0.327 e. The van der Waals surface area contributed by atoms with Crippen LogP contribution in [0, 0.1) is 5.41 Å². The van der Waals surface area contributed by atoms with E-state index in [4.69, 9.17) is 5.73 Å². The lowest BCUT2D eigenvalue weighted by molar-refractivity contribution is -0.125. The van der Waals surface area contributed by atoms with Crippen LogP contribution in [0.2, 0.25) is 0 Å². The third kappa shape index (κ3) is 2.27. The van der Waals surface area contributed by atoms with Gasteiger partial charge in [-0.2, -0.15) is 0 Å². The second kappa shape index (κ2) is 5.11. The molecule has 1 aliphatic carbocycles. The van der Waals surface area contributed by atoms with Crippen molar-refractivity contribution in [1.29, 1.82) is 0 Å². The lowest BCUT2D eigenvalue weighted by Crippen LogP contribution is -2.44. The van der Waals surface area contributed by atoms with Crippen molar-refractivity contribution in [2.75, 3.05) is 5.32 Å². The topological polar surface area (TPSA) is 55.1 Å². The van der Waals surface area contributed by atoms with Crippen molar-refractivity contribution in [1.82, 2.24) is 0 Å². The highest BCUT2D eigenvalue weighted by molar-refractivity contribution is 5.96. The molecule has 98 valence electrons. The average Bonchev–Trinajstić information content (AvgIpc) is 2.71. The minimum absolute atomic E-state index is 0.0220. The third-order valence-corrected chi connectivity index (χ3v) is 4.19. The molecule has 1 fully saturated rings. The Morgan fingerprint density at radius 1 is 1.50 bits per heavy atom. The third-order valence-electron chi connectivity index (χ3n) is 4.19. The lowest BCUT2D eigenvalue weighted by Gasteiger charge is -2.28. The number of amides is 1. The predicted molar refractivity (Wildman–Crippen MR) is 74.4 cm³/mol. The van der Waals surface area contributed by atoms with E-state index in [-0.39, 0.29) is 11.9 Å². The molecule has 3 nitrogen and oxygen atoms in total. The molecule has 1 aliphatic rings. The highest BCUT2D eigenvalue weighted by atomic mass is 16.2. The number of nitrogens with two attached hydrogens (primary N) is 1. The second-order valence-electron chi connectivity index (χ2n) is 5.38. The molecule has 2 unspecified atom stereocenters. The fraction of sp³-hybridized carbons (Fsp3) is 0.533. The summed E-state index contributed by atoms with van der Waals surface area (Å²) in [7, 11) is 0. The zero-order valence-electron chi connectivity index (χ0n) is 11.2. The number of anilines is 1. The zero-order valence-corrected chi connectivity index (χ0v) is 11.2. The van der Waals surface area contributed by atoms with Gasteiger partial charge in [-0.3, -0.25) is 4.79 Å². The summed E-state index contributed by atoms with van der Waals surface area (Å²) in [5.74, 6) is 0.0633. The van der Waals surface area contributed by atoms with E-state index in [0.29, 0.717) is 0 Å². The van der Waals surface area contributed by atoms with Crippen LogP contribution in [0.15, 0.2) is 24.3 Å². The Balaban J connectivity index is 2.16. The van der Waals surface area contributed by atoms with Crippen LogP contribution in [0.5, 0.6) is 0 Å². The molecule has 2 atom stereocenters. The quantitative estimate of drug-likeness (QED) is 0.861. The predicted octanol–water partition coefficient (Wildman–Crippen LogP) is 2.71. The number of hydrogen-bond acceptors (Lipinski definition) is 2. The van der Waals surface area contributed by atoms with Crippen LogP contribution in [-0.4, -0.2) is 11.9 Å². The van der Waals surface area contributed by atoms with Gasteiger partial charge in [0.1, 0.15) is 0 Å². The molecule has 18 heavy (non-hydrogen) atoms. The highest BCUT2D eigenvalue weighted by Gasteiger charge is 2.42. The monoisotopic (exact) mass is 246 g/mol. The molecule has 0 heterocycles. The fourth-order valence-corrected chi connectivity index (χ4v) is 2.69. The molecule has 1 amide bonds. The van der Waals surface area contributed by atoms with Crippen molar-refractivity contribution < 1.29 is 4.79 Å². The maximum Gasteiger partial charge on any atom is 0.231 e. The molecule has 1 aromatic rings. The first kappa shape index (κ1) is 13.1. The van der Waals surface area contributed by atoms with Gasteiger partial charge in [0.25, 0.3) is 0 Å². The van der Waals surface area contributed by atoms with Gasteiger partial charge < -0.3 is 11.1 Å². The molecule has 2 rings (SSSR count). The van der Waals surface area contributed by atoms with Crippen LogP contribution >= 0.6 is 0 Å². The molecular weight excluding hydrogens is 224 g/mol. The second-order valence-corrected chi connectivity index (χ2v) is 5.38. The van der Waals surface area contributed by atoms with Gasteiger partial charge >= 0.3 is 0 Å². The summed E-state index contributed by atoms with van der Waals surface area (Å²) in [4.78, 5) is 12.4. The summed E-state index contributed by atoms with van der Waals surface area (Å²) in [6, 6.07) is 7.93. The summed E-state index contributed by atoms with van der Waals surface area (Å²) < 4.78 is 0. The van der Waals surface area contributed by atoms with Crippen LogP contribution < -0.4 is 11.1 Å². The number of aryl methyl sites for hydroxylation is 1. The summed E-state index contributed by atoms with van der Waals surface area (Å²) in [6.45, 7) is 4.07. The van der Waals surface area contributed by atoms with Gasteiger partial charge in [0, 0.05) is 11.7 Å². The first-order valence-electron chi connectivity index (χ1n) is 6.73. The molecule has 1 aromatic carbocycles. The number of para-hydroxylation sites is 1. The number of nitrogens with one attached hydrogen (secondary N) is 1. The van der Waals surface area contributed by atoms with Gasteiger partial charge in [0.05, 0.1) is 5.41 Å². The number of benzene rings is 1. The van der Waals surface area contributed by atoms with Crippen LogP contribution in [0.1, 0.15) is 38.7 Å². The maximum absolute atomic E-state index is 12.4. The fourth-order valence-electron chi connectivity index (χ4n) is 2.69. The lowest BCUT2D eigenvalue weighted by atomic mass is 9.84. The Hall–Kier alpha value is -1.35. The molecule has 0 aliphatic heterocycles. The SMILES string of the molecule is CCc1ccccc1NC(=O)C1(C)CCCC1N. The Morgan fingerprint density at radius 3 is 2.83 bits per heavy atom. The zero-order chi connectivity index (χ0) is 13.2. The van der Waals surface area contributed by atoms with E-state index >= 15 is 0 Å². The van der Waals surface area contributed by atoms with Crippen LogP contribution in [-0.2, 0) is 11.2 Å². The Bertz CT molecular complexity index is 444. The maximum atomic E-state index is 12.4. The van der Waals surface area contributed by atoms with Gasteiger partial charge in [-0.05, 0) is 37.8 Å². The van der Waals surface area contributed by atoms with Gasteiger partial charge in [-0.25, -0.2) is 0 Å². The van der Waals surface area contributed by atoms with Crippen molar-refractivity contribution in [3.05, 3.63) is 29.8 Å². The van der Waals surface area contributed by atoms with E-state index in [0.717, 1.165) is 31.4 Å². The molecule has 3 N–H and O–H groups in total. The first-order chi connectivity index (χ1) is 8.58. The normalized spacial score (nSPS) is 27.2. The van der Waals surface area contributed by atoms with Crippen molar-refractivity contribution in [3.63, 3.8) is 0 Å². The highest BCUT2D eigenvalue weighted by Crippen LogP contribution is 2.37. The van der Waals surface area contributed by atoms with Crippen LogP contribution in [0.25, 0.3) is 0 Å². The average molecular weight is 246 g/mol. The Kier molecular flexibility index (Phi) is 3.71. The van der Waals surface area contributed by atoms with Crippen molar-refractivity contribution >= 4 is 11.6 Å². The van der Waals surface area contributed by atoms with E-state index in [1.54, 1.807) is 0 Å². The summed E-state index contributed by atoms with van der Waals surface area (Å²) in [6.07, 6.45) is 3.79. The molecule has 0 radical (unpaired) electrons. The smallest absolute Gasteiger partial charge is 0.231 e. The van der Waals surface area contributed by atoms with Gasteiger partial charge in [0.2, 0.25) is 5.91 Å². The molecule has 0 aromatic heterocycles. The molecule has 3 heteroatoms. The van der Waals surface area contributed by atoms with E-state index in [9.17, 15) is 4.79 Å². The van der Waals surface area contributed by atoms with Crippen molar-refractivity contribution in [2.24, 2.45) is 11.1 Å². The molecular formula is C15H22N2O. The van der Waals surface area contributed by atoms with E-state index in [1.807, 2.05) is 31.2 Å². The molecule has 1 saturated carbocycles. The minimum atomic E-state index is -0.416. The number of carbonyl (C=O) groups is 1. The Labute approximate surface area is 109 Å². The van der Waals surface area contributed by atoms with E-state index in [2.05, 4.69) is 12.2 Å². The van der Waals surface area contributed by atoms with Gasteiger partial charge in [-0.15, -0.1) is 0 Å². The number of hydrogen-bond donors (Lipinski definition) is 2. The molecule has 0 saturated heterocycles. The summed E-state index contributed by atoms with van der Waals surface area (Å²) in [5, 5.41) is 3.06. The largest absolute Gasteiger partial charge is 0.327 e. The standard InChI is InChI=1S/C15H22N2O/c1-3-11-7-4-5-8-12(11)17-14(18)15(2)10-6-9-13(15)16/h4-5,7-8,13H,3,6,9-10,16H2,1-2H3,(H,17,18). The molecule has 0 spiro atoms. The van der Waals surface area contributed by atoms with Gasteiger partial charge in [0.15, 0.2) is 0 Å². The molecule has 0 bridgehead atoms. The van der Waals surface area contributed by atoms with E-state index < -0.39 is 5.41 Å². The van der Waals surface area contributed by atoms with E-state index in [1.165, 1.54) is 5.56 Å². The van der Waals surface area contributed by atoms with Crippen molar-refractivity contribution in [3.8, 4) is 0 Å². The number of carbonyl (C=O) groups excluding carboxylic acids is 1. The van der Waals surface area contributed by atoms with Crippen LogP contribution in [0.4, 0.5) is 5.69 Å². The first-order valence-corrected chi connectivity index (χ1v) is 6.73. The Morgan fingerprint density at radius 2 is 2.22 bits per heavy atom. The van der Waals surface area contributed by atoms with Crippen molar-refractivity contribution in [2.45, 2.75) is 45.6 Å². The van der Waals surface area contributed by atoms with Crippen LogP contribution in [0.3, 0.4) is 0 Å². The summed E-state index contributed by atoms with van der Waals surface area (Å²) >= 11 is 0. The summed E-state index contributed by atoms with van der Waals surface area (Å²) in [5.41, 5.74) is 7.75. The van der Waals surface area contributed by atoms with Gasteiger partial charge in [-0.1, -0.05) is 31.5 Å².